The molecule has 0 aliphatic carbocycles. The lowest BCUT2D eigenvalue weighted by molar-refractivity contribution is 0.0389. The van der Waals surface area contributed by atoms with Gasteiger partial charge in [-0.15, -0.1) is 11.3 Å². The Kier molecular flexibility index (Phi) is 5.59. The van der Waals surface area contributed by atoms with Crippen LogP contribution in [-0.4, -0.2) is 29.0 Å². The van der Waals surface area contributed by atoms with E-state index in [1.54, 1.807) is 11.3 Å². The van der Waals surface area contributed by atoms with Gasteiger partial charge >= 0.3 is 0 Å². The zero-order chi connectivity index (χ0) is 12.9. The Balaban J connectivity index is 2.38. The molecule has 3 nitrogen and oxygen atoms in total. The third-order valence-corrected chi connectivity index (χ3v) is 3.75. The molecule has 2 atom stereocenters. The summed E-state index contributed by atoms with van der Waals surface area (Å²) in [7, 11) is 0. The topological polar surface area (TPSA) is 52.5 Å². The number of aliphatic hydroxyl groups is 2. The molecule has 0 radical (unpaired) electrons. The average Bonchev–Trinajstić information content (AvgIpc) is 2.75. The summed E-state index contributed by atoms with van der Waals surface area (Å²) in [5.74, 6) is 0. The molecule has 0 saturated carbocycles. The van der Waals surface area contributed by atoms with Gasteiger partial charge < -0.3 is 15.5 Å². The first kappa shape index (κ1) is 14.6. The summed E-state index contributed by atoms with van der Waals surface area (Å²) < 4.78 is 0. The highest BCUT2D eigenvalue weighted by atomic mass is 32.1. The van der Waals surface area contributed by atoms with Crippen LogP contribution in [0.2, 0.25) is 0 Å². The second-order valence-corrected chi connectivity index (χ2v) is 6.49. The third kappa shape index (κ3) is 5.17. The van der Waals surface area contributed by atoms with Crippen molar-refractivity contribution < 1.29 is 10.2 Å². The van der Waals surface area contributed by atoms with Gasteiger partial charge in [-0.1, -0.05) is 26.8 Å². The van der Waals surface area contributed by atoms with Crippen molar-refractivity contribution in [3.05, 3.63) is 22.4 Å². The van der Waals surface area contributed by atoms with Gasteiger partial charge in [0.1, 0.15) is 0 Å². The van der Waals surface area contributed by atoms with E-state index in [1.807, 2.05) is 32.2 Å². The number of thiophene rings is 1. The molecule has 1 aromatic heterocycles. The quantitative estimate of drug-likeness (QED) is 0.730. The highest BCUT2D eigenvalue weighted by molar-refractivity contribution is 7.09. The molecule has 4 heteroatoms. The Bertz CT molecular complexity index is 306. The molecule has 1 rings (SSSR count). The molecule has 0 bridgehead atoms. The maximum absolute atomic E-state index is 10.00. The number of aliphatic hydroxyl groups excluding tert-OH is 2. The van der Waals surface area contributed by atoms with Crippen LogP contribution in [0.3, 0.4) is 0 Å². The fourth-order valence-electron chi connectivity index (χ4n) is 1.50. The standard InChI is InChI=1S/C13H23NO2S/c1-13(2,3)12(16)7-10(9-15)14-8-11-5-4-6-17-11/h4-6,10,12,14-16H,7-9H2,1-3H3. The van der Waals surface area contributed by atoms with Gasteiger partial charge in [-0.3, -0.25) is 0 Å². The highest BCUT2D eigenvalue weighted by Gasteiger charge is 2.25. The SMILES string of the molecule is CC(C)(C)C(O)CC(CO)NCc1cccs1. The van der Waals surface area contributed by atoms with E-state index < -0.39 is 6.10 Å². The van der Waals surface area contributed by atoms with Crippen LogP contribution in [-0.2, 0) is 6.54 Å². The first-order chi connectivity index (χ1) is 7.93. The number of nitrogens with one attached hydrogen (secondary N) is 1. The summed E-state index contributed by atoms with van der Waals surface area (Å²) in [5, 5.41) is 24.6. The van der Waals surface area contributed by atoms with E-state index in [9.17, 15) is 10.2 Å². The fourth-order valence-corrected chi connectivity index (χ4v) is 2.16. The van der Waals surface area contributed by atoms with Gasteiger partial charge in [0, 0.05) is 17.5 Å². The summed E-state index contributed by atoms with van der Waals surface area (Å²) in [4.78, 5) is 1.24. The number of rotatable bonds is 6. The van der Waals surface area contributed by atoms with Crippen molar-refractivity contribution in [3.63, 3.8) is 0 Å². The minimum Gasteiger partial charge on any atom is -0.395 e. The maximum Gasteiger partial charge on any atom is 0.0604 e. The van der Waals surface area contributed by atoms with Crippen LogP contribution in [0.5, 0.6) is 0 Å². The normalized spacial score (nSPS) is 15.8. The smallest absolute Gasteiger partial charge is 0.0604 e. The number of hydrogen-bond donors (Lipinski definition) is 3. The number of hydrogen-bond acceptors (Lipinski definition) is 4. The van der Waals surface area contributed by atoms with E-state index in [2.05, 4.69) is 11.4 Å². The second-order valence-electron chi connectivity index (χ2n) is 5.46. The molecule has 0 aromatic carbocycles. The van der Waals surface area contributed by atoms with Gasteiger partial charge in [-0.2, -0.15) is 0 Å². The minimum atomic E-state index is -0.407. The lowest BCUT2D eigenvalue weighted by Crippen LogP contribution is -2.39. The first-order valence-electron chi connectivity index (χ1n) is 5.98. The van der Waals surface area contributed by atoms with Crippen molar-refractivity contribution >= 4 is 11.3 Å². The molecular formula is C13H23NO2S. The minimum absolute atomic E-state index is 0.0497. The molecule has 0 spiro atoms. The summed E-state index contributed by atoms with van der Waals surface area (Å²) in [6.45, 7) is 6.82. The van der Waals surface area contributed by atoms with Gasteiger partial charge in [0.25, 0.3) is 0 Å². The Morgan fingerprint density at radius 2 is 2.12 bits per heavy atom. The van der Waals surface area contributed by atoms with E-state index in [-0.39, 0.29) is 18.1 Å². The molecule has 0 aliphatic heterocycles. The van der Waals surface area contributed by atoms with E-state index in [1.165, 1.54) is 4.88 Å². The van der Waals surface area contributed by atoms with Crippen molar-refractivity contribution in [1.29, 1.82) is 0 Å². The lowest BCUT2D eigenvalue weighted by Gasteiger charge is -2.29. The molecule has 1 heterocycles. The Morgan fingerprint density at radius 1 is 1.41 bits per heavy atom. The summed E-state index contributed by atoms with van der Waals surface area (Å²) in [6.07, 6.45) is 0.168. The molecule has 2 unspecified atom stereocenters. The van der Waals surface area contributed by atoms with Gasteiger partial charge in [0.15, 0.2) is 0 Å². The van der Waals surface area contributed by atoms with Gasteiger partial charge in [-0.05, 0) is 23.3 Å². The zero-order valence-electron chi connectivity index (χ0n) is 10.8. The van der Waals surface area contributed by atoms with Crippen molar-refractivity contribution in [2.24, 2.45) is 5.41 Å². The van der Waals surface area contributed by atoms with Crippen LogP contribution in [0, 0.1) is 5.41 Å². The van der Waals surface area contributed by atoms with Crippen molar-refractivity contribution in [2.45, 2.75) is 45.9 Å². The largest absolute Gasteiger partial charge is 0.395 e. The first-order valence-corrected chi connectivity index (χ1v) is 6.86. The van der Waals surface area contributed by atoms with Crippen LogP contribution < -0.4 is 5.32 Å². The summed E-state index contributed by atoms with van der Waals surface area (Å²) >= 11 is 1.69. The van der Waals surface area contributed by atoms with E-state index >= 15 is 0 Å². The molecule has 0 amide bonds. The summed E-state index contributed by atoms with van der Waals surface area (Å²) in [5.41, 5.74) is -0.141. The second kappa shape index (κ2) is 6.50. The van der Waals surface area contributed by atoms with Crippen LogP contribution in [0.4, 0.5) is 0 Å². The average molecular weight is 257 g/mol. The van der Waals surface area contributed by atoms with Crippen molar-refractivity contribution in [2.75, 3.05) is 6.61 Å². The monoisotopic (exact) mass is 257 g/mol. The Labute approximate surface area is 107 Å². The molecule has 3 N–H and O–H groups in total. The van der Waals surface area contributed by atoms with Gasteiger partial charge in [0.05, 0.1) is 12.7 Å². The van der Waals surface area contributed by atoms with Crippen LogP contribution in [0.1, 0.15) is 32.1 Å². The molecule has 0 aliphatic rings. The van der Waals surface area contributed by atoms with Gasteiger partial charge in [0.2, 0.25) is 0 Å². The predicted octanol–water partition coefficient (Wildman–Crippen LogP) is 2.00. The van der Waals surface area contributed by atoms with Crippen LogP contribution in [0.15, 0.2) is 17.5 Å². The zero-order valence-corrected chi connectivity index (χ0v) is 11.6. The van der Waals surface area contributed by atoms with Crippen LogP contribution >= 0.6 is 11.3 Å². The molecule has 0 saturated heterocycles. The third-order valence-electron chi connectivity index (χ3n) is 2.87. The maximum atomic E-state index is 10.00. The molecular weight excluding hydrogens is 234 g/mol. The van der Waals surface area contributed by atoms with Crippen molar-refractivity contribution in [3.8, 4) is 0 Å². The lowest BCUT2D eigenvalue weighted by atomic mass is 9.85. The molecule has 0 fully saturated rings. The predicted molar refractivity (Wildman–Crippen MR) is 72.1 cm³/mol. The Morgan fingerprint density at radius 3 is 2.59 bits per heavy atom. The van der Waals surface area contributed by atoms with Crippen molar-refractivity contribution in [1.82, 2.24) is 5.32 Å². The Hall–Kier alpha value is -0.420. The van der Waals surface area contributed by atoms with E-state index in [0.717, 1.165) is 6.54 Å². The molecule has 17 heavy (non-hydrogen) atoms. The fraction of sp³-hybridized carbons (Fsp3) is 0.692. The molecule has 1 aromatic rings. The van der Waals surface area contributed by atoms with Gasteiger partial charge in [-0.25, -0.2) is 0 Å². The highest BCUT2D eigenvalue weighted by Crippen LogP contribution is 2.22. The summed E-state index contributed by atoms with van der Waals surface area (Å²) in [6, 6.07) is 4.03. The molecule has 98 valence electrons. The van der Waals surface area contributed by atoms with Crippen LogP contribution in [0.25, 0.3) is 0 Å². The van der Waals surface area contributed by atoms with E-state index in [0.29, 0.717) is 6.42 Å². The van der Waals surface area contributed by atoms with E-state index in [4.69, 9.17) is 0 Å².